The number of aryl methyl sites for hydroxylation is 1. The Morgan fingerprint density at radius 2 is 1.93 bits per heavy atom. The lowest BCUT2D eigenvalue weighted by Gasteiger charge is -2.32. The van der Waals surface area contributed by atoms with E-state index in [4.69, 9.17) is 11.6 Å². The monoisotopic (exact) mass is 420 g/mol. The normalized spacial score (nSPS) is 15.0. The number of amides is 2. The number of nitrogens with one attached hydrogen (secondary N) is 1. The molecule has 1 aromatic heterocycles. The van der Waals surface area contributed by atoms with Gasteiger partial charge in [-0.1, -0.05) is 41.9 Å². The molecule has 152 valence electrons. The Bertz CT molecular complexity index is 1150. The summed E-state index contributed by atoms with van der Waals surface area (Å²) in [5.74, 6) is 0.228. The molecular weight excluding hydrogens is 400 g/mol. The van der Waals surface area contributed by atoms with E-state index in [2.05, 4.69) is 10.4 Å². The van der Waals surface area contributed by atoms with E-state index in [0.717, 1.165) is 22.5 Å². The molecule has 2 heterocycles. The van der Waals surface area contributed by atoms with Gasteiger partial charge in [-0.15, -0.1) is 0 Å². The molecule has 1 N–H and O–H groups in total. The van der Waals surface area contributed by atoms with Gasteiger partial charge >= 0.3 is 0 Å². The van der Waals surface area contributed by atoms with Crippen LogP contribution >= 0.6 is 11.6 Å². The van der Waals surface area contributed by atoms with Crippen molar-refractivity contribution in [3.05, 3.63) is 82.6 Å². The molecule has 1 unspecified atom stereocenters. The molecule has 1 atom stereocenters. The van der Waals surface area contributed by atoms with Crippen molar-refractivity contribution in [2.24, 2.45) is 0 Å². The number of hydrogen-bond donors (Lipinski definition) is 1. The van der Waals surface area contributed by atoms with Gasteiger partial charge in [-0.25, -0.2) is 4.68 Å². The van der Waals surface area contributed by atoms with Crippen molar-refractivity contribution in [3.8, 4) is 5.69 Å². The molecule has 0 spiro atoms. The minimum Gasteiger partial charge on any atom is -0.311 e. The van der Waals surface area contributed by atoms with Crippen LogP contribution < -0.4 is 5.32 Å². The van der Waals surface area contributed by atoms with Crippen molar-refractivity contribution in [2.45, 2.75) is 26.3 Å². The van der Waals surface area contributed by atoms with E-state index >= 15 is 0 Å². The Morgan fingerprint density at radius 3 is 2.70 bits per heavy atom. The lowest BCUT2D eigenvalue weighted by Crippen LogP contribution is -2.33. The van der Waals surface area contributed by atoms with Crippen LogP contribution in [0, 0.1) is 6.92 Å². The molecule has 7 heteroatoms. The van der Waals surface area contributed by atoms with Gasteiger partial charge in [0.1, 0.15) is 5.82 Å². The molecule has 0 saturated heterocycles. The van der Waals surface area contributed by atoms with E-state index in [0.29, 0.717) is 10.8 Å². The number of anilines is 1. The Morgan fingerprint density at radius 1 is 1.13 bits per heavy atom. The van der Waals surface area contributed by atoms with Crippen molar-refractivity contribution in [3.63, 3.8) is 0 Å². The summed E-state index contributed by atoms with van der Waals surface area (Å²) in [6.45, 7) is 3.36. The average molecular weight is 421 g/mol. The molecule has 3 aromatic rings. The van der Waals surface area contributed by atoms with Crippen LogP contribution in [0.5, 0.6) is 0 Å². The summed E-state index contributed by atoms with van der Waals surface area (Å²) in [5, 5.41) is 8.00. The predicted octanol–water partition coefficient (Wildman–Crippen LogP) is 4.74. The second-order valence-corrected chi connectivity index (χ2v) is 7.64. The zero-order valence-electron chi connectivity index (χ0n) is 16.7. The van der Waals surface area contributed by atoms with E-state index in [9.17, 15) is 9.59 Å². The Balaban J connectivity index is 1.59. The molecule has 2 aromatic carbocycles. The summed E-state index contributed by atoms with van der Waals surface area (Å²) in [5.41, 5.74) is 3.47. The van der Waals surface area contributed by atoms with Gasteiger partial charge in [-0.3, -0.25) is 9.59 Å². The predicted molar refractivity (Wildman–Crippen MR) is 117 cm³/mol. The molecule has 0 bridgehead atoms. The minimum atomic E-state index is -0.368. The minimum absolute atomic E-state index is 0.113. The molecule has 2 amide bonds. The highest BCUT2D eigenvalue weighted by molar-refractivity contribution is 6.30. The van der Waals surface area contributed by atoms with Crippen LogP contribution in [0.25, 0.3) is 11.8 Å². The van der Waals surface area contributed by atoms with E-state index in [-0.39, 0.29) is 24.3 Å². The third-order valence-corrected chi connectivity index (χ3v) is 5.23. The first-order chi connectivity index (χ1) is 14.4. The molecule has 0 aliphatic carbocycles. The molecule has 6 nitrogen and oxygen atoms in total. The van der Waals surface area contributed by atoms with Gasteiger partial charge in [0.2, 0.25) is 11.8 Å². The number of nitrogens with zero attached hydrogens (tertiary/aromatic N) is 3. The Hall–Kier alpha value is -3.38. The summed E-state index contributed by atoms with van der Waals surface area (Å²) >= 11 is 6.11. The van der Waals surface area contributed by atoms with Gasteiger partial charge in [0.15, 0.2) is 0 Å². The Labute approximate surface area is 179 Å². The fraction of sp³-hybridized carbons (Fsp3) is 0.174. The second kappa shape index (κ2) is 8.16. The zero-order valence-corrected chi connectivity index (χ0v) is 17.4. The van der Waals surface area contributed by atoms with Gasteiger partial charge in [0.05, 0.1) is 23.8 Å². The number of carbonyl (C=O) groups excluding carboxylic acids is 2. The van der Waals surface area contributed by atoms with Crippen molar-refractivity contribution < 1.29 is 9.59 Å². The van der Waals surface area contributed by atoms with E-state index in [1.807, 2.05) is 49.4 Å². The summed E-state index contributed by atoms with van der Waals surface area (Å²) in [6, 6.07) is 16.5. The fourth-order valence-corrected chi connectivity index (χ4v) is 3.86. The SMILES string of the molecule is CC(=O)N1C=Cc2ccccc2C1CC(=O)Nc1cc(C)nn1-c1cccc(Cl)c1. The van der Waals surface area contributed by atoms with Gasteiger partial charge < -0.3 is 10.2 Å². The number of fused-ring (bicyclic) bond motifs is 1. The summed E-state index contributed by atoms with van der Waals surface area (Å²) in [6.07, 6.45) is 3.76. The summed E-state index contributed by atoms with van der Waals surface area (Å²) in [4.78, 5) is 26.7. The van der Waals surface area contributed by atoms with Crippen LogP contribution in [0.4, 0.5) is 5.82 Å². The molecular formula is C23H21ClN4O2. The number of carbonyl (C=O) groups is 2. The highest BCUT2D eigenvalue weighted by Gasteiger charge is 2.28. The number of halogens is 1. The third kappa shape index (κ3) is 4.00. The second-order valence-electron chi connectivity index (χ2n) is 7.20. The quantitative estimate of drug-likeness (QED) is 0.663. The average Bonchev–Trinajstić information content (AvgIpc) is 3.08. The lowest BCUT2D eigenvalue weighted by atomic mass is 9.93. The summed E-state index contributed by atoms with van der Waals surface area (Å²) in [7, 11) is 0. The molecule has 30 heavy (non-hydrogen) atoms. The van der Waals surface area contributed by atoms with Gasteiger partial charge in [-0.05, 0) is 42.3 Å². The van der Waals surface area contributed by atoms with Crippen LogP contribution in [-0.2, 0) is 9.59 Å². The number of benzene rings is 2. The first-order valence-corrected chi connectivity index (χ1v) is 9.98. The fourth-order valence-electron chi connectivity index (χ4n) is 3.68. The molecule has 0 radical (unpaired) electrons. The highest BCUT2D eigenvalue weighted by Crippen LogP contribution is 2.33. The van der Waals surface area contributed by atoms with E-state index in [1.165, 1.54) is 6.92 Å². The van der Waals surface area contributed by atoms with Crippen molar-refractivity contribution in [1.82, 2.24) is 14.7 Å². The molecule has 1 aliphatic rings. The number of aromatic nitrogens is 2. The van der Waals surface area contributed by atoms with Gasteiger partial charge in [0.25, 0.3) is 0 Å². The standard InChI is InChI=1S/C23H21ClN4O2/c1-15-12-22(28(26-15)19-8-5-7-18(24)13-19)25-23(30)14-21-20-9-4-3-6-17(20)10-11-27(21)16(2)29/h3-13,21H,14H2,1-2H3,(H,25,30). The smallest absolute Gasteiger partial charge is 0.227 e. The topological polar surface area (TPSA) is 67.2 Å². The van der Waals surface area contributed by atoms with E-state index < -0.39 is 0 Å². The van der Waals surface area contributed by atoms with Crippen molar-refractivity contribution in [2.75, 3.05) is 5.32 Å². The van der Waals surface area contributed by atoms with Crippen molar-refractivity contribution in [1.29, 1.82) is 0 Å². The Kier molecular flexibility index (Phi) is 5.42. The van der Waals surface area contributed by atoms with Crippen LogP contribution in [0.3, 0.4) is 0 Å². The largest absolute Gasteiger partial charge is 0.311 e. The van der Waals surface area contributed by atoms with Crippen molar-refractivity contribution >= 4 is 35.3 Å². The maximum absolute atomic E-state index is 13.0. The molecule has 1 aliphatic heterocycles. The summed E-state index contributed by atoms with van der Waals surface area (Å²) < 4.78 is 1.65. The zero-order chi connectivity index (χ0) is 21.3. The lowest BCUT2D eigenvalue weighted by molar-refractivity contribution is -0.129. The molecule has 0 saturated carbocycles. The molecule has 4 rings (SSSR count). The molecule has 0 fully saturated rings. The number of hydrogen-bond acceptors (Lipinski definition) is 3. The van der Waals surface area contributed by atoms with Crippen LogP contribution in [0.2, 0.25) is 5.02 Å². The van der Waals surface area contributed by atoms with E-state index in [1.54, 1.807) is 34.0 Å². The maximum atomic E-state index is 13.0. The first kappa shape index (κ1) is 19.9. The van der Waals surface area contributed by atoms with Gasteiger partial charge in [0, 0.05) is 24.2 Å². The highest BCUT2D eigenvalue weighted by atomic mass is 35.5. The third-order valence-electron chi connectivity index (χ3n) is 5.00. The maximum Gasteiger partial charge on any atom is 0.227 e. The van der Waals surface area contributed by atoms with Crippen LogP contribution in [0.15, 0.2) is 60.8 Å². The van der Waals surface area contributed by atoms with Gasteiger partial charge in [-0.2, -0.15) is 5.10 Å². The first-order valence-electron chi connectivity index (χ1n) is 9.61. The van der Waals surface area contributed by atoms with Crippen LogP contribution in [-0.4, -0.2) is 26.5 Å². The van der Waals surface area contributed by atoms with Crippen LogP contribution in [0.1, 0.15) is 36.2 Å². The number of rotatable bonds is 4.